The number of aliphatic hydroxyl groups excluding tert-OH is 2. The summed E-state index contributed by atoms with van der Waals surface area (Å²) in [6, 6.07) is 14.7. The molecule has 0 bridgehead atoms. The maximum Gasteiger partial charge on any atom is 0.235 e. The summed E-state index contributed by atoms with van der Waals surface area (Å²) in [5.41, 5.74) is 6.35. The molecule has 3 aromatic rings. The Balaban J connectivity index is 0.00000171. The molecule has 1 amide bonds. The fraction of sp³-hybridized carbons (Fsp3) is 0.464. The van der Waals surface area contributed by atoms with Crippen molar-refractivity contribution in [1.82, 2.24) is 4.57 Å². The Labute approximate surface area is 198 Å². The van der Waals surface area contributed by atoms with E-state index in [0.717, 1.165) is 53.5 Å². The first-order chi connectivity index (χ1) is 15.7. The van der Waals surface area contributed by atoms with Crippen molar-refractivity contribution in [2.75, 3.05) is 11.9 Å². The number of hydrogen-bond acceptors (Lipinski definition) is 3. The van der Waals surface area contributed by atoms with Crippen LogP contribution >= 0.6 is 0 Å². The average molecular weight is 451 g/mol. The van der Waals surface area contributed by atoms with E-state index in [0.29, 0.717) is 6.54 Å². The number of nitrogens with one attached hydrogen (secondary N) is 1. The molecule has 1 aromatic heterocycles. The van der Waals surface area contributed by atoms with E-state index < -0.39 is 11.5 Å². The lowest BCUT2D eigenvalue weighted by Gasteiger charge is -2.23. The summed E-state index contributed by atoms with van der Waals surface area (Å²) >= 11 is 0. The number of amides is 1. The van der Waals surface area contributed by atoms with Gasteiger partial charge in [-0.2, -0.15) is 0 Å². The van der Waals surface area contributed by atoms with E-state index in [9.17, 15) is 15.0 Å². The molecule has 1 fully saturated rings. The summed E-state index contributed by atoms with van der Waals surface area (Å²) in [6.07, 6.45) is 4.45. The topological polar surface area (TPSA) is 74.5 Å². The Bertz CT molecular complexity index is 1220. The molecule has 1 heterocycles. The molecule has 0 radical (unpaired) electrons. The second-order valence-corrected chi connectivity index (χ2v) is 10.9. The van der Waals surface area contributed by atoms with E-state index >= 15 is 0 Å². The number of aryl methyl sites for hydroxylation is 2. The van der Waals surface area contributed by atoms with Crippen LogP contribution in [0, 0.1) is 0 Å². The van der Waals surface area contributed by atoms with Gasteiger partial charge in [0.1, 0.15) is 0 Å². The molecule has 2 aromatic carbocycles. The highest BCUT2D eigenvalue weighted by Gasteiger charge is 2.51. The van der Waals surface area contributed by atoms with E-state index in [1.807, 2.05) is 18.2 Å². The molecule has 1 atom stereocenters. The normalized spacial score (nSPS) is 17.7. The third-order valence-electron chi connectivity index (χ3n) is 7.37. The molecule has 33 heavy (non-hydrogen) atoms. The van der Waals surface area contributed by atoms with Gasteiger partial charge in [-0.25, -0.2) is 0 Å². The zero-order valence-corrected chi connectivity index (χ0v) is 19.8. The molecule has 2 aliphatic carbocycles. The summed E-state index contributed by atoms with van der Waals surface area (Å²) in [5, 5.41) is 23.7. The van der Waals surface area contributed by atoms with Gasteiger partial charge < -0.3 is 20.1 Å². The molecular weight excluding hydrogens is 412 g/mol. The lowest BCUT2D eigenvalue weighted by Crippen LogP contribution is -2.28. The maximum absolute atomic E-state index is 13.4. The van der Waals surface area contributed by atoms with Crippen molar-refractivity contribution < 1.29 is 17.9 Å². The van der Waals surface area contributed by atoms with Crippen LogP contribution in [0.4, 0.5) is 5.69 Å². The van der Waals surface area contributed by atoms with Gasteiger partial charge in [0.15, 0.2) is 0 Å². The number of anilines is 1. The number of carbonyl (C=O) groups is 1. The van der Waals surface area contributed by atoms with Gasteiger partial charge in [-0.1, -0.05) is 39.0 Å². The number of aliphatic hydroxyl groups is 2. The minimum Gasteiger partial charge on any atom is -0.394 e. The third-order valence-corrected chi connectivity index (χ3v) is 7.37. The van der Waals surface area contributed by atoms with Crippen LogP contribution in [0.25, 0.3) is 10.9 Å². The van der Waals surface area contributed by atoms with Crippen molar-refractivity contribution in [3.05, 3.63) is 64.8 Å². The number of carbonyl (C=O) groups excluding carboxylic acids is 1. The molecule has 3 N–H and O–H groups in total. The van der Waals surface area contributed by atoms with Gasteiger partial charge in [0.2, 0.25) is 5.91 Å². The number of nitrogens with zero attached hydrogens (tertiary/aromatic N) is 1. The fourth-order valence-electron chi connectivity index (χ4n) is 5.33. The summed E-state index contributed by atoms with van der Waals surface area (Å²) in [5.74, 6) is 0.0750. The second kappa shape index (κ2) is 8.00. The molecule has 0 unspecified atom stereocenters. The lowest BCUT2D eigenvalue weighted by atomic mass is 9.91. The number of fused-ring (bicyclic) bond motifs is 2. The molecule has 2 aliphatic rings. The Morgan fingerprint density at radius 2 is 1.88 bits per heavy atom. The molecule has 178 valence electrons. The minimum atomic E-state index is -0.817. The first-order valence-corrected chi connectivity index (χ1v) is 12.1. The van der Waals surface area contributed by atoms with Gasteiger partial charge in [-0.05, 0) is 73.1 Å². The predicted octanol–water partition coefficient (Wildman–Crippen LogP) is 4.94. The smallest absolute Gasteiger partial charge is 0.235 e. The molecular formula is C28H38N2O3. The van der Waals surface area contributed by atoms with Crippen molar-refractivity contribution in [1.29, 1.82) is 0 Å². The number of benzene rings is 2. The Kier molecular flexibility index (Phi) is 5.37. The number of aromatic nitrogens is 1. The van der Waals surface area contributed by atoms with Crippen molar-refractivity contribution in [3.63, 3.8) is 0 Å². The van der Waals surface area contributed by atoms with E-state index in [1.54, 1.807) is 0 Å². The monoisotopic (exact) mass is 450 g/mol. The van der Waals surface area contributed by atoms with E-state index in [1.165, 1.54) is 17.5 Å². The van der Waals surface area contributed by atoms with Crippen LogP contribution in [0.15, 0.2) is 42.5 Å². The summed E-state index contributed by atoms with van der Waals surface area (Å²) < 4.78 is 2.08. The van der Waals surface area contributed by atoms with Gasteiger partial charge in [-0.15, -0.1) is 0 Å². The summed E-state index contributed by atoms with van der Waals surface area (Å²) in [7, 11) is 0. The molecule has 5 nitrogen and oxygen atoms in total. The average Bonchev–Trinajstić information content (AvgIpc) is 3.32. The maximum atomic E-state index is 13.4. The van der Waals surface area contributed by atoms with Crippen molar-refractivity contribution in [3.8, 4) is 0 Å². The molecule has 1 saturated carbocycles. The number of hydrogen-bond donors (Lipinski definition) is 3. The predicted molar refractivity (Wildman–Crippen MR) is 136 cm³/mol. The third kappa shape index (κ3) is 3.98. The van der Waals surface area contributed by atoms with Crippen molar-refractivity contribution >= 4 is 22.5 Å². The highest BCUT2D eigenvalue weighted by molar-refractivity contribution is 6.02. The highest BCUT2D eigenvalue weighted by Crippen LogP contribution is 2.50. The lowest BCUT2D eigenvalue weighted by molar-refractivity contribution is -0.118. The van der Waals surface area contributed by atoms with Gasteiger partial charge >= 0.3 is 0 Å². The summed E-state index contributed by atoms with van der Waals surface area (Å²) in [6.45, 7) is 6.47. The zero-order valence-electron chi connectivity index (χ0n) is 19.8. The molecule has 5 heteroatoms. The second-order valence-electron chi connectivity index (χ2n) is 10.9. The van der Waals surface area contributed by atoms with E-state index in [4.69, 9.17) is 0 Å². The highest BCUT2D eigenvalue weighted by atomic mass is 16.3. The van der Waals surface area contributed by atoms with Crippen LogP contribution in [-0.4, -0.2) is 33.4 Å². The van der Waals surface area contributed by atoms with Crippen molar-refractivity contribution in [2.24, 2.45) is 0 Å². The first kappa shape index (κ1) is 22.2. The molecule has 0 saturated heterocycles. The van der Waals surface area contributed by atoms with Gasteiger partial charge in [0.25, 0.3) is 0 Å². The molecule has 5 rings (SSSR count). The Hall–Kier alpha value is -2.63. The van der Waals surface area contributed by atoms with Crippen molar-refractivity contribution in [2.45, 2.75) is 76.4 Å². The SMILES string of the molecule is CC(C)(C)c1cc2cc(NC(=O)C3(c4ccc5c(c4)CCC5)CC3)ccc2n1C[C@@H](O)CO.[HH].[HH]. The van der Waals surface area contributed by atoms with Crippen LogP contribution in [0.1, 0.15) is 65.3 Å². The fourth-order valence-corrected chi connectivity index (χ4v) is 5.33. The quantitative estimate of drug-likeness (QED) is 0.498. The minimum absolute atomic E-state index is 0. The van der Waals surface area contributed by atoms with Gasteiger partial charge in [0.05, 0.1) is 24.7 Å². The standard InChI is InChI=1S/C28H34N2O3.2H2/c1-27(2,3)25-15-20-14-22(9-10-24(20)30(25)16-23(32)17-31)29-26(33)28(11-12-28)21-8-7-18-5-4-6-19(18)13-21;;/h7-10,13-15,23,31-32H,4-6,11-12,16-17H2,1-3H3,(H,29,33);2*1H/t23-;;/m1../s1. The van der Waals surface area contributed by atoms with Crippen LogP contribution in [-0.2, 0) is 35.0 Å². The van der Waals surface area contributed by atoms with Crippen LogP contribution in [0.2, 0.25) is 0 Å². The van der Waals surface area contributed by atoms with E-state index in [-0.39, 0.29) is 20.8 Å². The van der Waals surface area contributed by atoms with Gasteiger partial charge in [-0.3, -0.25) is 4.79 Å². The van der Waals surface area contributed by atoms with Crippen LogP contribution in [0.5, 0.6) is 0 Å². The zero-order chi connectivity index (χ0) is 23.4. The van der Waals surface area contributed by atoms with Crippen LogP contribution < -0.4 is 5.32 Å². The Morgan fingerprint density at radius 1 is 1.12 bits per heavy atom. The van der Waals surface area contributed by atoms with E-state index in [2.05, 4.69) is 54.9 Å². The Morgan fingerprint density at radius 3 is 2.58 bits per heavy atom. The molecule has 0 aliphatic heterocycles. The largest absolute Gasteiger partial charge is 0.394 e. The first-order valence-electron chi connectivity index (χ1n) is 12.1. The number of rotatable bonds is 6. The summed E-state index contributed by atoms with van der Waals surface area (Å²) in [4.78, 5) is 13.4. The molecule has 0 spiro atoms. The van der Waals surface area contributed by atoms with Crippen LogP contribution in [0.3, 0.4) is 0 Å². The van der Waals surface area contributed by atoms with Gasteiger partial charge in [0, 0.05) is 30.6 Å².